The van der Waals surface area contributed by atoms with Crippen molar-refractivity contribution in [1.29, 1.82) is 0 Å². The second kappa shape index (κ2) is 4.61. The van der Waals surface area contributed by atoms with Gasteiger partial charge < -0.3 is 0 Å². The molecule has 16 heavy (non-hydrogen) atoms. The second-order valence-corrected chi connectivity index (χ2v) is 2.26. The van der Waals surface area contributed by atoms with Crippen molar-refractivity contribution in [3.05, 3.63) is 0 Å². The van der Waals surface area contributed by atoms with Crippen LogP contribution in [0.25, 0.3) is 0 Å². The van der Waals surface area contributed by atoms with Gasteiger partial charge in [-0.2, -0.15) is 8.78 Å². The van der Waals surface area contributed by atoms with E-state index in [0.29, 0.717) is 0 Å². The summed E-state index contributed by atoms with van der Waals surface area (Å²) in [4.78, 5) is 1.96. The summed E-state index contributed by atoms with van der Waals surface area (Å²) in [6, 6.07) is 0. The molecule has 0 aliphatic carbocycles. The first kappa shape index (κ1) is 14.6. The van der Waals surface area contributed by atoms with Crippen LogP contribution >= 0.6 is 0 Å². The number of hydrogen-bond acceptors (Lipinski definition) is 2. The van der Waals surface area contributed by atoms with Gasteiger partial charge in [0.25, 0.3) is 12.2 Å². The predicted octanol–water partition coefficient (Wildman–Crippen LogP) is 2.61. The summed E-state index contributed by atoms with van der Waals surface area (Å²) in [5, 5.41) is 0. The first-order chi connectivity index (χ1) is 6.92. The van der Waals surface area contributed by atoms with Crippen molar-refractivity contribution in [3.63, 3.8) is 0 Å². The van der Waals surface area contributed by atoms with Crippen molar-refractivity contribution in [3.8, 4) is 0 Å². The van der Waals surface area contributed by atoms with Crippen molar-refractivity contribution in [2.24, 2.45) is 9.98 Å². The third kappa shape index (κ3) is 6.14. The lowest BCUT2D eigenvalue weighted by molar-refractivity contribution is -0.120. The zero-order valence-electron chi connectivity index (χ0n) is 7.37. The van der Waals surface area contributed by atoms with Crippen molar-refractivity contribution in [2.75, 3.05) is 7.05 Å². The van der Waals surface area contributed by atoms with E-state index >= 15 is 0 Å². The Bertz CT molecular complexity index is 270. The summed E-state index contributed by atoms with van der Waals surface area (Å²) in [6.45, 7) is 0. The molecule has 0 aromatic rings. The number of rotatable bonds is 0. The van der Waals surface area contributed by atoms with Gasteiger partial charge >= 0.3 is 12.6 Å². The van der Waals surface area contributed by atoms with Crippen molar-refractivity contribution in [2.45, 2.75) is 12.6 Å². The molecule has 0 N–H and O–H groups in total. The lowest BCUT2D eigenvalue weighted by Gasteiger charge is -2.12. The number of amidine groups is 2. The van der Waals surface area contributed by atoms with Crippen molar-refractivity contribution >= 4 is 12.2 Å². The molecular weight excluding hydrogens is 254 g/mol. The Hall–Kier alpha value is -1.42. The summed E-state index contributed by atoms with van der Waals surface area (Å²) in [5.74, 6) is 0. The van der Waals surface area contributed by atoms with E-state index in [1.165, 1.54) is 9.98 Å². The third-order valence-electron chi connectivity index (χ3n) is 0.992. The number of aliphatic imine (C=N–C) groups is 2. The Kier molecular flexibility index (Phi) is 4.21. The molecule has 0 saturated heterocycles. The zero-order valence-corrected chi connectivity index (χ0v) is 7.37. The van der Waals surface area contributed by atoms with Crippen LogP contribution in [0.2, 0.25) is 0 Å². The highest BCUT2D eigenvalue weighted by Gasteiger charge is 2.32. The molecular formula is C5H3F8N3. The third-order valence-corrected chi connectivity index (χ3v) is 0.992. The Morgan fingerprint density at radius 2 is 1.06 bits per heavy atom. The van der Waals surface area contributed by atoms with Gasteiger partial charge in [-0.05, 0) is 0 Å². The van der Waals surface area contributed by atoms with E-state index in [9.17, 15) is 35.1 Å². The molecule has 0 bridgehead atoms. The van der Waals surface area contributed by atoms with Crippen LogP contribution in [0.15, 0.2) is 9.98 Å². The maximum atomic E-state index is 12.4. The van der Waals surface area contributed by atoms with Crippen molar-refractivity contribution in [1.82, 2.24) is 4.90 Å². The number of halogens is 8. The SMILES string of the molecule is CN(/C(F)=N/C(F)(F)F)/C(F)=N/C(F)(F)F. The smallest absolute Gasteiger partial charge is 0.265 e. The molecule has 0 spiro atoms. The van der Waals surface area contributed by atoms with E-state index in [-0.39, 0.29) is 7.05 Å². The Morgan fingerprint density at radius 1 is 0.812 bits per heavy atom. The number of alkyl halides is 6. The molecule has 0 amide bonds. The molecule has 0 aliphatic heterocycles. The zero-order chi connectivity index (χ0) is 13.1. The largest absolute Gasteiger partial charge is 0.506 e. The minimum atomic E-state index is -5.36. The van der Waals surface area contributed by atoms with Gasteiger partial charge in [-0.3, -0.25) is 4.90 Å². The molecule has 0 aliphatic rings. The van der Waals surface area contributed by atoms with Gasteiger partial charge in [-0.25, -0.2) is 0 Å². The average molecular weight is 257 g/mol. The van der Waals surface area contributed by atoms with Crippen LogP contribution in [0.1, 0.15) is 0 Å². The molecule has 0 rings (SSSR count). The molecule has 3 nitrogen and oxygen atoms in total. The minimum Gasteiger partial charge on any atom is -0.265 e. The van der Waals surface area contributed by atoms with Crippen molar-refractivity contribution < 1.29 is 35.1 Å². The minimum absolute atomic E-state index is 0.259. The average Bonchev–Trinajstić information content (AvgIpc) is 1.96. The van der Waals surface area contributed by atoms with Crippen LogP contribution in [0, 0.1) is 0 Å². The lowest BCUT2D eigenvalue weighted by Crippen LogP contribution is -2.30. The standard InChI is InChI=1S/C5H3F8N3/c1-16(2(6)14-4(8,9)10)3(7)15-5(11,12)13/h1H3/b14-2+,15-3+. The molecule has 0 atom stereocenters. The van der Waals surface area contributed by atoms with E-state index in [4.69, 9.17) is 0 Å². The maximum Gasteiger partial charge on any atom is 0.506 e. The van der Waals surface area contributed by atoms with Crippen LogP contribution in [0.3, 0.4) is 0 Å². The van der Waals surface area contributed by atoms with Crippen LogP contribution in [-0.4, -0.2) is 36.7 Å². The maximum absolute atomic E-state index is 12.4. The molecule has 94 valence electrons. The Balaban J connectivity index is 4.89. The molecule has 0 radical (unpaired) electrons. The highest BCUT2D eigenvalue weighted by molar-refractivity contribution is 5.91. The van der Waals surface area contributed by atoms with Crippen LogP contribution in [0.5, 0.6) is 0 Å². The monoisotopic (exact) mass is 257 g/mol. The quantitative estimate of drug-likeness (QED) is 0.284. The van der Waals surface area contributed by atoms with E-state index in [2.05, 4.69) is 0 Å². The van der Waals surface area contributed by atoms with Gasteiger partial charge in [0, 0.05) is 7.05 Å². The lowest BCUT2D eigenvalue weighted by atomic mass is 10.8. The molecule has 0 aromatic carbocycles. The van der Waals surface area contributed by atoms with Crippen LogP contribution in [-0.2, 0) is 0 Å². The topological polar surface area (TPSA) is 28.0 Å². The normalized spacial score (nSPS) is 15.3. The van der Waals surface area contributed by atoms with Gasteiger partial charge in [0.2, 0.25) is 0 Å². The van der Waals surface area contributed by atoms with E-state index in [0.717, 1.165) is 0 Å². The molecule has 0 unspecified atom stereocenters. The first-order valence-corrected chi connectivity index (χ1v) is 3.30. The van der Waals surface area contributed by atoms with E-state index < -0.39 is 29.7 Å². The van der Waals surface area contributed by atoms with Gasteiger partial charge in [-0.1, -0.05) is 0 Å². The molecule has 0 saturated carbocycles. The highest BCUT2D eigenvalue weighted by Crippen LogP contribution is 2.19. The molecule has 0 aromatic heterocycles. The molecule has 11 heteroatoms. The number of nitrogens with zero attached hydrogens (tertiary/aromatic N) is 3. The summed E-state index contributed by atoms with van der Waals surface area (Å²) in [5.41, 5.74) is 0. The molecule has 0 heterocycles. The summed E-state index contributed by atoms with van der Waals surface area (Å²) in [7, 11) is 0.259. The van der Waals surface area contributed by atoms with Gasteiger partial charge in [0.15, 0.2) is 0 Å². The second-order valence-electron chi connectivity index (χ2n) is 2.26. The predicted molar refractivity (Wildman–Crippen MR) is 37.0 cm³/mol. The van der Waals surface area contributed by atoms with Crippen LogP contribution < -0.4 is 0 Å². The van der Waals surface area contributed by atoms with Gasteiger partial charge in [0.1, 0.15) is 0 Å². The summed E-state index contributed by atoms with van der Waals surface area (Å²) in [6.07, 6.45) is -15.7. The number of hydrogen-bond donors (Lipinski definition) is 0. The fourth-order valence-corrected chi connectivity index (χ4v) is 0.435. The highest BCUT2D eigenvalue weighted by atomic mass is 19.4. The Labute approximate surface area is 83.1 Å². The van der Waals surface area contributed by atoms with Gasteiger partial charge in [0.05, 0.1) is 0 Å². The van der Waals surface area contributed by atoms with Gasteiger partial charge in [-0.15, -0.1) is 36.3 Å². The molecule has 0 fully saturated rings. The Morgan fingerprint density at radius 3 is 1.25 bits per heavy atom. The fraction of sp³-hybridized carbons (Fsp3) is 0.600. The fourth-order valence-electron chi connectivity index (χ4n) is 0.435. The van der Waals surface area contributed by atoms with E-state index in [1.807, 2.05) is 0 Å². The van der Waals surface area contributed by atoms with E-state index in [1.54, 1.807) is 0 Å². The summed E-state index contributed by atoms with van der Waals surface area (Å²) < 4.78 is 93.3. The first-order valence-electron chi connectivity index (χ1n) is 3.30. The summed E-state index contributed by atoms with van der Waals surface area (Å²) >= 11 is 0. The van der Waals surface area contributed by atoms with Crippen LogP contribution in [0.4, 0.5) is 35.1 Å².